The van der Waals surface area contributed by atoms with E-state index in [1.807, 2.05) is 24.3 Å². The summed E-state index contributed by atoms with van der Waals surface area (Å²) in [6, 6.07) is 14.5. The number of carbonyl (C=O) groups is 2. The molecule has 2 aliphatic carbocycles. The molecular weight excluding hydrogens is 411 g/mol. The van der Waals surface area contributed by atoms with E-state index >= 15 is 0 Å². The van der Waals surface area contributed by atoms with Gasteiger partial charge in [-0.05, 0) is 36.6 Å². The van der Waals surface area contributed by atoms with E-state index in [0.29, 0.717) is 15.7 Å². The second kappa shape index (κ2) is 6.07. The monoisotopic (exact) mass is 426 g/mol. The van der Waals surface area contributed by atoms with Crippen LogP contribution in [-0.4, -0.2) is 23.6 Å². The summed E-state index contributed by atoms with van der Waals surface area (Å²) in [6.45, 7) is 0. The Hall–Kier alpha value is -2.37. The third-order valence-electron chi connectivity index (χ3n) is 6.91. The summed E-state index contributed by atoms with van der Waals surface area (Å²) in [5.41, 5.74) is 2.18. The van der Waals surface area contributed by atoms with Crippen LogP contribution >= 0.6 is 23.2 Å². The van der Waals surface area contributed by atoms with Crippen molar-refractivity contribution in [3.05, 3.63) is 64.1 Å². The first-order valence-corrected chi connectivity index (χ1v) is 10.4. The van der Waals surface area contributed by atoms with Gasteiger partial charge in [-0.25, -0.2) is 0 Å². The van der Waals surface area contributed by atoms with Crippen molar-refractivity contribution in [3.63, 3.8) is 0 Å². The second-order valence-corrected chi connectivity index (χ2v) is 9.00. The molecule has 0 aromatic heterocycles. The summed E-state index contributed by atoms with van der Waals surface area (Å²) in [4.78, 5) is 33.7. The van der Waals surface area contributed by atoms with Crippen molar-refractivity contribution < 1.29 is 14.4 Å². The third-order valence-corrected chi connectivity index (χ3v) is 7.46. The molecule has 2 aromatic rings. The molecule has 6 rings (SSSR count). The summed E-state index contributed by atoms with van der Waals surface area (Å²) in [6.07, 6.45) is 0.616. The van der Waals surface area contributed by atoms with Gasteiger partial charge in [0.1, 0.15) is 6.10 Å². The molecule has 2 bridgehead atoms. The molecule has 5 nitrogen and oxygen atoms in total. The number of carbonyl (C=O) groups excluding carboxylic acids is 2. The lowest BCUT2D eigenvalue weighted by molar-refractivity contribution is -0.125. The minimum atomic E-state index is -0.329. The first-order chi connectivity index (χ1) is 14.1. The van der Waals surface area contributed by atoms with Gasteiger partial charge in [0.05, 0.1) is 28.3 Å². The molecule has 2 aliphatic heterocycles. The lowest BCUT2D eigenvalue weighted by Crippen LogP contribution is -2.41. The summed E-state index contributed by atoms with van der Waals surface area (Å²) in [5.74, 6) is -0.895. The highest BCUT2D eigenvalue weighted by molar-refractivity contribution is 6.37. The Morgan fingerprint density at radius 1 is 0.931 bits per heavy atom. The largest absolute Gasteiger partial charge is 0.391 e. The van der Waals surface area contributed by atoms with E-state index in [1.54, 1.807) is 24.3 Å². The van der Waals surface area contributed by atoms with Crippen molar-refractivity contribution in [2.24, 2.45) is 34.7 Å². The molecule has 1 saturated heterocycles. The predicted octanol–water partition coefficient (Wildman–Crippen LogP) is 4.17. The van der Waals surface area contributed by atoms with Crippen LogP contribution in [-0.2, 0) is 14.4 Å². The van der Waals surface area contributed by atoms with Gasteiger partial charge in [0, 0.05) is 22.4 Å². The minimum Gasteiger partial charge on any atom is -0.391 e. The number of halogens is 2. The second-order valence-electron chi connectivity index (χ2n) is 8.16. The fourth-order valence-corrected chi connectivity index (χ4v) is 6.38. The summed E-state index contributed by atoms with van der Waals surface area (Å²) < 4.78 is 0. The Bertz CT molecular complexity index is 1090. The number of hydrogen-bond donors (Lipinski definition) is 0. The van der Waals surface area contributed by atoms with Gasteiger partial charge in [0.15, 0.2) is 0 Å². The first-order valence-electron chi connectivity index (χ1n) is 9.68. The molecule has 3 fully saturated rings. The number of anilines is 1. The highest BCUT2D eigenvalue weighted by atomic mass is 35.5. The Labute approximate surface area is 177 Å². The summed E-state index contributed by atoms with van der Waals surface area (Å²) in [7, 11) is 0. The number of oxime groups is 1. The molecule has 2 saturated carbocycles. The van der Waals surface area contributed by atoms with Gasteiger partial charge in [-0.1, -0.05) is 52.6 Å². The van der Waals surface area contributed by atoms with Crippen molar-refractivity contribution in [1.82, 2.24) is 0 Å². The molecular formula is C22H16Cl2N2O3. The average Bonchev–Trinajstić information content (AvgIpc) is 3.43. The van der Waals surface area contributed by atoms with E-state index in [2.05, 4.69) is 5.16 Å². The number of benzene rings is 2. The topological polar surface area (TPSA) is 59.0 Å². The number of para-hydroxylation sites is 1. The van der Waals surface area contributed by atoms with Gasteiger partial charge in [-0.3, -0.25) is 14.5 Å². The molecule has 4 aliphatic rings. The van der Waals surface area contributed by atoms with Crippen LogP contribution < -0.4 is 4.90 Å². The van der Waals surface area contributed by atoms with Crippen LogP contribution in [0.15, 0.2) is 53.7 Å². The molecule has 0 N–H and O–H groups in total. The van der Waals surface area contributed by atoms with Gasteiger partial charge in [0.25, 0.3) is 0 Å². The molecule has 2 heterocycles. The van der Waals surface area contributed by atoms with Crippen molar-refractivity contribution in [2.75, 3.05) is 4.90 Å². The van der Waals surface area contributed by atoms with E-state index in [9.17, 15) is 9.59 Å². The number of nitrogens with zero attached hydrogens (tertiary/aromatic N) is 2. The number of amides is 2. The normalized spacial score (nSPS) is 34.3. The van der Waals surface area contributed by atoms with Crippen LogP contribution in [0.2, 0.25) is 10.0 Å². The van der Waals surface area contributed by atoms with E-state index < -0.39 is 0 Å². The lowest BCUT2D eigenvalue weighted by Gasteiger charge is -2.30. The fraction of sp³-hybridized carbons (Fsp3) is 0.318. The van der Waals surface area contributed by atoms with Crippen LogP contribution in [0.1, 0.15) is 12.0 Å². The van der Waals surface area contributed by atoms with E-state index in [4.69, 9.17) is 28.0 Å². The maximum Gasteiger partial charge on any atom is 0.238 e. The van der Waals surface area contributed by atoms with Crippen LogP contribution in [0.5, 0.6) is 0 Å². The molecule has 6 atom stereocenters. The third kappa shape index (κ3) is 2.26. The Balaban J connectivity index is 1.37. The van der Waals surface area contributed by atoms with Crippen LogP contribution in [0.4, 0.5) is 5.69 Å². The maximum atomic E-state index is 13.3. The van der Waals surface area contributed by atoms with E-state index in [1.165, 1.54) is 4.90 Å². The summed E-state index contributed by atoms with van der Waals surface area (Å²) in [5, 5.41) is 5.40. The van der Waals surface area contributed by atoms with Gasteiger partial charge in [0.2, 0.25) is 11.8 Å². The zero-order chi connectivity index (χ0) is 19.9. The van der Waals surface area contributed by atoms with Crippen LogP contribution in [0.3, 0.4) is 0 Å². The van der Waals surface area contributed by atoms with Gasteiger partial charge >= 0.3 is 0 Å². The number of hydrogen-bond acceptors (Lipinski definition) is 4. The van der Waals surface area contributed by atoms with Gasteiger partial charge in [-0.2, -0.15) is 0 Å². The molecule has 0 radical (unpaired) electrons. The van der Waals surface area contributed by atoms with Gasteiger partial charge < -0.3 is 4.84 Å². The first kappa shape index (κ1) is 17.5. The zero-order valence-corrected chi connectivity index (χ0v) is 16.7. The molecule has 2 amide bonds. The molecule has 7 heteroatoms. The molecule has 0 unspecified atom stereocenters. The Kier molecular flexibility index (Phi) is 3.66. The average molecular weight is 427 g/mol. The highest BCUT2D eigenvalue weighted by Crippen LogP contribution is 2.62. The smallest absolute Gasteiger partial charge is 0.238 e. The molecule has 29 heavy (non-hydrogen) atoms. The lowest BCUT2D eigenvalue weighted by atomic mass is 9.71. The Morgan fingerprint density at radius 2 is 1.66 bits per heavy atom. The number of rotatable bonds is 2. The molecule has 2 aromatic carbocycles. The Morgan fingerprint density at radius 3 is 2.38 bits per heavy atom. The molecule has 0 spiro atoms. The van der Waals surface area contributed by atoms with Crippen molar-refractivity contribution in [3.8, 4) is 0 Å². The van der Waals surface area contributed by atoms with Crippen molar-refractivity contribution in [1.29, 1.82) is 0 Å². The van der Waals surface area contributed by atoms with Crippen molar-refractivity contribution >= 4 is 46.4 Å². The maximum absolute atomic E-state index is 13.3. The minimum absolute atomic E-state index is 0.00696. The van der Waals surface area contributed by atoms with Crippen molar-refractivity contribution in [2.45, 2.75) is 12.5 Å². The summed E-state index contributed by atoms with van der Waals surface area (Å²) >= 11 is 12.5. The molecule has 146 valence electrons. The fourth-order valence-electron chi connectivity index (χ4n) is 5.88. The zero-order valence-electron chi connectivity index (χ0n) is 15.2. The van der Waals surface area contributed by atoms with Crippen LogP contribution in [0.25, 0.3) is 0 Å². The quantitative estimate of drug-likeness (QED) is 0.677. The highest BCUT2D eigenvalue weighted by Gasteiger charge is 2.70. The standard InChI is InChI=1S/C22H16Cl2N2O3/c23-10-6-7-12(15(24)8-10)19-18-13-9-14(20(18)29-25-19)17-16(13)21(27)26(22(17)28)11-4-2-1-3-5-11/h1-8,13-14,16-18,20H,9H2/t13-,14+,16-,17+,18+,20-/m1/s1. The SMILES string of the molecule is O=C1[C@@H]2[C@H]3C[C@H]([C@H]4ON=C(c5ccc(Cl)cc5Cl)[C@H]34)[C@@H]2C(=O)N1c1ccccc1. The number of imide groups is 1. The number of fused-ring (bicyclic) bond motifs is 8. The van der Waals surface area contributed by atoms with E-state index in [-0.39, 0.29) is 47.5 Å². The predicted molar refractivity (Wildman–Crippen MR) is 109 cm³/mol. The van der Waals surface area contributed by atoms with E-state index in [0.717, 1.165) is 17.7 Å². The van der Waals surface area contributed by atoms with Gasteiger partial charge in [-0.15, -0.1) is 0 Å². The van der Waals surface area contributed by atoms with Crippen LogP contribution in [0, 0.1) is 29.6 Å².